The summed E-state index contributed by atoms with van der Waals surface area (Å²) in [6, 6.07) is 26.8. The van der Waals surface area contributed by atoms with Crippen molar-refractivity contribution >= 4 is 5.97 Å². The molecule has 0 saturated heterocycles. The summed E-state index contributed by atoms with van der Waals surface area (Å²) in [5, 5.41) is 0. The van der Waals surface area contributed by atoms with Gasteiger partial charge < -0.3 is 4.74 Å². The van der Waals surface area contributed by atoms with E-state index in [2.05, 4.69) is 4.98 Å². The summed E-state index contributed by atoms with van der Waals surface area (Å²) in [5.41, 5.74) is 2.51. The summed E-state index contributed by atoms with van der Waals surface area (Å²) in [7, 11) is 0. The Morgan fingerprint density at radius 3 is 2.14 bits per heavy atom. The fourth-order valence-electron chi connectivity index (χ4n) is 2.96. The third kappa shape index (κ3) is 3.99. The highest BCUT2D eigenvalue weighted by molar-refractivity contribution is 5.90. The molecule has 0 aliphatic carbocycles. The molecule has 0 bridgehead atoms. The molecule has 0 spiro atoms. The van der Waals surface area contributed by atoms with Crippen LogP contribution in [0, 0.1) is 6.92 Å². The second-order valence-electron chi connectivity index (χ2n) is 6.55. The first-order valence-electron chi connectivity index (χ1n) is 9.15. The zero-order chi connectivity index (χ0) is 20.2. The second kappa shape index (κ2) is 7.94. The maximum absolute atomic E-state index is 12.9. The molecule has 0 atom stereocenters. The van der Waals surface area contributed by atoms with Crippen LogP contribution in [-0.4, -0.2) is 15.5 Å². The lowest BCUT2D eigenvalue weighted by Gasteiger charge is -2.13. The summed E-state index contributed by atoms with van der Waals surface area (Å²) in [4.78, 5) is 29.9. The number of para-hydroxylation sites is 1. The lowest BCUT2D eigenvalue weighted by atomic mass is 10.1. The molecule has 5 nitrogen and oxygen atoms in total. The number of benzene rings is 3. The SMILES string of the molecule is Cc1ccc(C(=O)Oc2cc(=O)n(-c3ccccc3)c(-c3ccccc3)n2)cc1. The molecular formula is C24H18N2O3. The van der Waals surface area contributed by atoms with Crippen molar-refractivity contribution in [2.24, 2.45) is 0 Å². The van der Waals surface area contributed by atoms with E-state index in [1.54, 1.807) is 12.1 Å². The van der Waals surface area contributed by atoms with Crippen LogP contribution in [0.25, 0.3) is 17.1 Å². The summed E-state index contributed by atoms with van der Waals surface area (Å²) < 4.78 is 6.91. The molecule has 0 unspecified atom stereocenters. The molecule has 0 radical (unpaired) electrons. The van der Waals surface area contributed by atoms with Crippen LogP contribution in [0.15, 0.2) is 95.8 Å². The van der Waals surface area contributed by atoms with Gasteiger partial charge in [-0.2, -0.15) is 4.98 Å². The van der Waals surface area contributed by atoms with Gasteiger partial charge in [0.05, 0.1) is 17.3 Å². The Morgan fingerprint density at radius 2 is 1.48 bits per heavy atom. The summed E-state index contributed by atoms with van der Waals surface area (Å²) in [6.45, 7) is 1.94. The topological polar surface area (TPSA) is 61.2 Å². The van der Waals surface area contributed by atoms with Crippen molar-refractivity contribution in [1.82, 2.24) is 9.55 Å². The Balaban J connectivity index is 1.79. The van der Waals surface area contributed by atoms with Gasteiger partial charge in [-0.15, -0.1) is 0 Å². The van der Waals surface area contributed by atoms with Crippen molar-refractivity contribution in [3.05, 3.63) is 112 Å². The Kier molecular flexibility index (Phi) is 5.03. The number of carbonyl (C=O) groups is 1. The number of ether oxygens (including phenoxy) is 1. The van der Waals surface area contributed by atoms with Gasteiger partial charge in [-0.25, -0.2) is 4.79 Å². The maximum Gasteiger partial charge on any atom is 0.344 e. The maximum atomic E-state index is 12.9. The predicted molar refractivity (Wildman–Crippen MR) is 111 cm³/mol. The van der Waals surface area contributed by atoms with Gasteiger partial charge in [0.25, 0.3) is 5.56 Å². The van der Waals surface area contributed by atoms with Crippen molar-refractivity contribution < 1.29 is 9.53 Å². The first-order valence-corrected chi connectivity index (χ1v) is 9.15. The van der Waals surface area contributed by atoms with Crippen molar-refractivity contribution in [2.45, 2.75) is 6.92 Å². The predicted octanol–water partition coefficient (Wildman–Crippen LogP) is 4.43. The first-order chi connectivity index (χ1) is 14.1. The number of aryl methyl sites for hydroxylation is 1. The third-order valence-electron chi connectivity index (χ3n) is 4.43. The largest absolute Gasteiger partial charge is 0.404 e. The Hall–Kier alpha value is -3.99. The fraction of sp³-hybridized carbons (Fsp3) is 0.0417. The molecular weight excluding hydrogens is 364 g/mol. The van der Waals surface area contributed by atoms with Crippen LogP contribution < -0.4 is 10.3 Å². The highest BCUT2D eigenvalue weighted by atomic mass is 16.5. The zero-order valence-corrected chi connectivity index (χ0v) is 15.8. The smallest absolute Gasteiger partial charge is 0.344 e. The minimum absolute atomic E-state index is 0.0355. The molecule has 1 heterocycles. The van der Waals surface area contributed by atoms with E-state index in [-0.39, 0.29) is 11.4 Å². The molecule has 0 aliphatic heterocycles. The van der Waals surface area contributed by atoms with Gasteiger partial charge in [0.2, 0.25) is 5.88 Å². The molecule has 0 saturated carbocycles. The van der Waals surface area contributed by atoms with Gasteiger partial charge >= 0.3 is 5.97 Å². The minimum Gasteiger partial charge on any atom is -0.404 e. The van der Waals surface area contributed by atoms with E-state index in [0.29, 0.717) is 17.1 Å². The van der Waals surface area contributed by atoms with Crippen molar-refractivity contribution in [3.63, 3.8) is 0 Å². The van der Waals surface area contributed by atoms with Crippen LogP contribution in [-0.2, 0) is 0 Å². The number of hydrogen-bond acceptors (Lipinski definition) is 4. The van der Waals surface area contributed by atoms with Gasteiger partial charge in [-0.3, -0.25) is 9.36 Å². The van der Waals surface area contributed by atoms with E-state index in [0.717, 1.165) is 11.1 Å². The number of carbonyl (C=O) groups excluding carboxylic acids is 1. The Bertz CT molecular complexity index is 1200. The normalized spacial score (nSPS) is 10.5. The van der Waals surface area contributed by atoms with Gasteiger partial charge in [0.1, 0.15) is 0 Å². The van der Waals surface area contributed by atoms with E-state index >= 15 is 0 Å². The minimum atomic E-state index is -0.562. The average Bonchev–Trinajstić information content (AvgIpc) is 2.75. The van der Waals surface area contributed by atoms with Crippen molar-refractivity contribution in [2.75, 3.05) is 0 Å². The quantitative estimate of drug-likeness (QED) is 0.490. The molecule has 4 rings (SSSR count). The number of aromatic nitrogens is 2. The van der Waals surface area contributed by atoms with E-state index in [9.17, 15) is 9.59 Å². The number of esters is 1. The number of hydrogen-bond donors (Lipinski definition) is 0. The van der Waals surface area contributed by atoms with Gasteiger partial charge in [-0.1, -0.05) is 66.2 Å². The molecule has 0 amide bonds. The van der Waals surface area contributed by atoms with Crippen molar-refractivity contribution in [3.8, 4) is 23.0 Å². The van der Waals surface area contributed by atoms with Crippen LogP contribution in [0.1, 0.15) is 15.9 Å². The highest BCUT2D eigenvalue weighted by Gasteiger charge is 2.16. The zero-order valence-electron chi connectivity index (χ0n) is 15.8. The monoisotopic (exact) mass is 382 g/mol. The van der Waals surface area contributed by atoms with Gasteiger partial charge in [0.15, 0.2) is 5.82 Å². The van der Waals surface area contributed by atoms with Crippen LogP contribution in [0.2, 0.25) is 0 Å². The van der Waals surface area contributed by atoms with E-state index in [4.69, 9.17) is 4.74 Å². The van der Waals surface area contributed by atoms with E-state index < -0.39 is 5.97 Å². The molecule has 5 heteroatoms. The molecule has 4 aromatic rings. The summed E-state index contributed by atoms with van der Waals surface area (Å²) in [5.74, 6) is -0.198. The van der Waals surface area contributed by atoms with Crippen LogP contribution in [0.3, 0.4) is 0 Å². The summed E-state index contributed by atoms with van der Waals surface area (Å²) >= 11 is 0. The molecule has 29 heavy (non-hydrogen) atoms. The summed E-state index contributed by atoms with van der Waals surface area (Å²) in [6.07, 6.45) is 0. The Morgan fingerprint density at radius 1 is 0.862 bits per heavy atom. The fourth-order valence-corrected chi connectivity index (χ4v) is 2.96. The average molecular weight is 382 g/mol. The van der Waals surface area contributed by atoms with Crippen molar-refractivity contribution in [1.29, 1.82) is 0 Å². The van der Waals surface area contributed by atoms with Crippen LogP contribution in [0.5, 0.6) is 5.88 Å². The molecule has 142 valence electrons. The molecule has 0 aliphatic rings. The molecule has 0 N–H and O–H groups in total. The molecule has 0 fully saturated rings. The first kappa shape index (κ1) is 18.4. The van der Waals surface area contributed by atoms with Gasteiger partial charge in [0, 0.05) is 5.56 Å². The van der Waals surface area contributed by atoms with Gasteiger partial charge in [-0.05, 0) is 31.2 Å². The van der Waals surface area contributed by atoms with Crippen LogP contribution in [0.4, 0.5) is 0 Å². The number of nitrogens with zero attached hydrogens (tertiary/aromatic N) is 2. The van der Waals surface area contributed by atoms with E-state index in [1.807, 2.05) is 79.7 Å². The second-order valence-corrected chi connectivity index (χ2v) is 6.55. The van der Waals surface area contributed by atoms with Crippen LogP contribution >= 0.6 is 0 Å². The lowest BCUT2D eigenvalue weighted by Crippen LogP contribution is -2.22. The number of rotatable bonds is 4. The lowest BCUT2D eigenvalue weighted by molar-refractivity contribution is 0.0727. The molecule has 3 aromatic carbocycles. The standard InChI is InChI=1S/C24H18N2O3/c1-17-12-14-19(15-13-17)24(28)29-21-16-22(27)26(20-10-6-3-7-11-20)23(25-21)18-8-4-2-5-9-18/h2-16H,1H3. The molecule has 1 aromatic heterocycles. The van der Waals surface area contributed by atoms with E-state index in [1.165, 1.54) is 10.6 Å². The third-order valence-corrected chi connectivity index (χ3v) is 4.43. The highest BCUT2D eigenvalue weighted by Crippen LogP contribution is 2.22. The Labute approximate surface area is 167 Å².